The van der Waals surface area contributed by atoms with Crippen molar-refractivity contribution in [2.45, 2.75) is 31.6 Å². The van der Waals surface area contributed by atoms with Crippen molar-refractivity contribution in [3.05, 3.63) is 95.6 Å². The molecule has 0 aromatic heterocycles. The molecule has 6 rings (SSSR count). The Morgan fingerprint density at radius 1 is 0.947 bits per heavy atom. The monoisotopic (exact) mass is 515 g/mol. The van der Waals surface area contributed by atoms with Gasteiger partial charge in [-0.05, 0) is 72.8 Å². The van der Waals surface area contributed by atoms with E-state index in [9.17, 15) is 9.59 Å². The van der Waals surface area contributed by atoms with Crippen LogP contribution in [0.4, 0.5) is 10.5 Å². The van der Waals surface area contributed by atoms with Crippen molar-refractivity contribution >= 4 is 17.7 Å². The number of nitrogens with one attached hydrogen (secondary N) is 2. The van der Waals surface area contributed by atoms with E-state index < -0.39 is 12.1 Å². The Balaban J connectivity index is 1.23. The van der Waals surface area contributed by atoms with Crippen LogP contribution in [-0.2, 0) is 16.1 Å². The predicted molar refractivity (Wildman–Crippen MR) is 144 cm³/mol. The quantitative estimate of drug-likeness (QED) is 0.397. The highest BCUT2D eigenvalue weighted by Gasteiger charge is 2.36. The van der Waals surface area contributed by atoms with Gasteiger partial charge in [-0.3, -0.25) is 9.69 Å². The van der Waals surface area contributed by atoms with Crippen LogP contribution in [0.25, 0.3) is 0 Å². The smallest absolute Gasteiger partial charge is 0.408 e. The second-order valence-corrected chi connectivity index (χ2v) is 9.83. The maximum atomic E-state index is 13.0. The molecule has 8 heteroatoms. The first-order valence-corrected chi connectivity index (χ1v) is 13.0. The molecule has 3 aromatic carbocycles. The molecular weight excluding hydrogens is 482 g/mol. The van der Waals surface area contributed by atoms with Crippen LogP contribution in [0.2, 0.25) is 0 Å². The van der Waals surface area contributed by atoms with Gasteiger partial charge in [-0.25, -0.2) is 4.79 Å². The van der Waals surface area contributed by atoms with Crippen molar-refractivity contribution in [1.82, 2.24) is 10.2 Å². The van der Waals surface area contributed by atoms with E-state index in [4.69, 9.17) is 14.6 Å². The van der Waals surface area contributed by atoms with E-state index in [0.29, 0.717) is 17.4 Å². The number of piperidine rings is 3. The summed E-state index contributed by atoms with van der Waals surface area (Å²) in [4.78, 5) is 27.8. The van der Waals surface area contributed by atoms with Crippen molar-refractivity contribution in [3.63, 3.8) is 0 Å². The first-order chi connectivity index (χ1) is 18.6. The Morgan fingerprint density at radius 2 is 1.68 bits per heavy atom. The van der Waals surface area contributed by atoms with Crippen molar-refractivity contribution in [3.8, 4) is 5.75 Å². The van der Waals surface area contributed by atoms with E-state index in [2.05, 4.69) is 15.5 Å². The van der Waals surface area contributed by atoms with Gasteiger partial charge >= 0.3 is 6.09 Å². The number of benzene rings is 3. The summed E-state index contributed by atoms with van der Waals surface area (Å²) in [6.07, 6.45) is 1.62. The lowest BCUT2D eigenvalue weighted by Crippen LogP contribution is -2.52. The highest BCUT2D eigenvalue weighted by atomic mass is 16.6. The number of amides is 2. The molecule has 2 amide bonds. The number of fused-ring (bicyclic) bond motifs is 3. The number of anilines is 1. The molecule has 0 spiro atoms. The fourth-order valence-electron chi connectivity index (χ4n) is 5.16. The Bertz CT molecular complexity index is 1230. The number of hydrogen-bond donors (Lipinski definition) is 3. The number of hydrogen-bond acceptors (Lipinski definition) is 6. The van der Waals surface area contributed by atoms with Gasteiger partial charge in [0.15, 0.2) is 6.61 Å². The normalized spacial score (nSPS) is 20.8. The maximum absolute atomic E-state index is 13.0. The molecule has 3 aliphatic heterocycles. The summed E-state index contributed by atoms with van der Waals surface area (Å²) >= 11 is 0. The van der Waals surface area contributed by atoms with Crippen LogP contribution in [0.15, 0.2) is 78.9 Å². The summed E-state index contributed by atoms with van der Waals surface area (Å²) in [5.41, 5.74) is 3.13. The second-order valence-electron chi connectivity index (χ2n) is 9.83. The van der Waals surface area contributed by atoms with Crippen molar-refractivity contribution in [2.75, 3.05) is 31.6 Å². The molecule has 3 aliphatic rings. The van der Waals surface area contributed by atoms with Crippen LogP contribution >= 0.6 is 0 Å². The number of nitrogens with zero attached hydrogens (tertiary/aromatic N) is 1. The zero-order valence-electron chi connectivity index (χ0n) is 21.2. The van der Waals surface area contributed by atoms with E-state index >= 15 is 0 Å². The standard InChI is InChI=1S/C30H33N3O5/c34-19-21-9-11-25(12-10-21)31-28(35)20-37-26-8-4-7-24(17-26)29(23-5-2-1-3-6-23)32-30(36)38-27-18-33-15-13-22(27)14-16-33/h1-12,17,22,27,29,34H,13-16,18-20H2,(H,31,35)(H,32,36)/t27-,29?/m0/s1. The summed E-state index contributed by atoms with van der Waals surface area (Å²) in [6.45, 7) is 2.74. The summed E-state index contributed by atoms with van der Waals surface area (Å²) in [6, 6.07) is 23.6. The Hall–Kier alpha value is -3.88. The minimum absolute atomic E-state index is 0.0517. The minimum Gasteiger partial charge on any atom is -0.484 e. The SMILES string of the molecule is O=C(COc1cccc(C(NC(=O)O[C@H]2CN3CCC2CC3)c2ccccc2)c1)Nc1ccc(CO)cc1. The zero-order chi connectivity index (χ0) is 26.3. The van der Waals surface area contributed by atoms with Crippen molar-refractivity contribution in [2.24, 2.45) is 5.92 Å². The number of ether oxygens (including phenoxy) is 2. The van der Waals surface area contributed by atoms with Crippen molar-refractivity contribution in [1.29, 1.82) is 0 Å². The third kappa shape index (κ3) is 6.51. The average molecular weight is 516 g/mol. The molecule has 3 aromatic rings. The number of alkyl carbamates (subject to hydrolysis) is 1. The molecule has 198 valence electrons. The van der Waals surface area contributed by atoms with Crippen molar-refractivity contribution < 1.29 is 24.2 Å². The summed E-state index contributed by atoms with van der Waals surface area (Å²) in [5, 5.41) is 15.0. The van der Waals surface area contributed by atoms with Gasteiger partial charge < -0.3 is 25.2 Å². The Kier molecular flexibility index (Phi) is 8.21. The number of carbonyl (C=O) groups excluding carboxylic acids is 2. The Morgan fingerprint density at radius 3 is 2.37 bits per heavy atom. The lowest BCUT2D eigenvalue weighted by Gasteiger charge is -2.43. The first-order valence-electron chi connectivity index (χ1n) is 13.0. The molecule has 3 heterocycles. The Labute approximate surface area is 222 Å². The third-order valence-corrected chi connectivity index (χ3v) is 7.23. The van der Waals surface area contributed by atoms with Crippen LogP contribution in [-0.4, -0.2) is 54.4 Å². The van der Waals surface area contributed by atoms with Crippen LogP contribution in [0, 0.1) is 5.92 Å². The molecule has 0 aliphatic carbocycles. The van der Waals surface area contributed by atoms with E-state index in [1.54, 1.807) is 30.3 Å². The highest BCUT2D eigenvalue weighted by Crippen LogP contribution is 2.30. The minimum atomic E-state index is -0.438. The van der Waals surface area contributed by atoms with Crippen LogP contribution in [0.1, 0.15) is 35.6 Å². The van der Waals surface area contributed by atoms with Crippen LogP contribution in [0.5, 0.6) is 5.75 Å². The van der Waals surface area contributed by atoms with Crippen LogP contribution in [0.3, 0.4) is 0 Å². The van der Waals surface area contributed by atoms with Gasteiger partial charge in [0.25, 0.3) is 5.91 Å². The molecule has 8 nitrogen and oxygen atoms in total. The molecule has 38 heavy (non-hydrogen) atoms. The van der Waals surface area contributed by atoms with Gasteiger partial charge in [0, 0.05) is 12.2 Å². The van der Waals surface area contributed by atoms with Gasteiger partial charge in [0.05, 0.1) is 12.6 Å². The fraction of sp³-hybridized carbons (Fsp3) is 0.333. The molecule has 1 unspecified atom stereocenters. The van der Waals surface area contributed by atoms with Gasteiger partial charge in [0.1, 0.15) is 11.9 Å². The lowest BCUT2D eigenvalue weighted by atomic mass is 9.86. The molecule has 0 radical (unpaired) electrons. The lowest BCUT2D eigenvalue weighted by molar-refractivity contribution is -0.118. The summed E-state index contributed by atoms with van der Waals surface area (Å²) in [5.74, 6) is 0.643. The maximum Gasteiger partial charge on any atom is 0.408 e. The van der Waals surface area contributed by atoms with Gasteiger partial charge in [-0.2, -0.15) is 0 Å². The average Bonchev–Trinajstić information content (AvgIpc) is 2.96. The largest absolute Gasteiger partial charge is 0.484 e. The summed E-state index contributed by atoms with van der Waals surface area (Å²) < 4.78 is 11.7. The van der Waals surface area contributed by atoms with E-state index in [0.717, 1.165) is 49.2 Å². The molecular formula is C30H33N3O5. The summed E-state index contributed by atoms with van der Waals surface area (Å²) in [7, 11) is 0. The second kappa shape index (κ2) is 12.1. The molecule has 2 atom stereocenters. The molecule has 3 saturated heterocycles. The van der Waals surface area contributed by atoms with Gasteiger partial charge in [-0.15, -0.1) is 0 Å². The number of carbonyl (C=O) groups is 2. The van der Waals surface area contributed by atoms with Crippen LogP contribution < -0.4 is 15.4 Å². The predicted octanol–water partition coefficient (Wildman–Crippen LogP) is 4.11. The topological polar surface area (TPSA) is 100 Å². The zero-order valence-corrected chi connectivity index (χ0v) is 21.2. The number of aliphatic hydroxyl groups is 1. The molecule has 2 bridgehead atoms. The van der Waals surface area contributed by atoms with Gasteiger partial charge in [-0.1, -0.05) is 54.6 Å². The van der Waals surface area contributed by atoms with Gasteiger partial charge in [0.2, 0.25) is 0 Å². The number of rotatable bonds is 9. The fourth-order valence-corrected chi connectivity index (χ4v) is 5.16. The molecule has 3 fully saturated rings. The number of aliphatic hydroxyl groups excluding tert-OH is 1. The molecule has 0 saturated carbocycles. The van der Waals surface area contributed by atoms with E-state index in [-0.39, 0.29) is 25.2 Å². The highest BCUT2D eigenvalue weighted by molar-refractivity contribution is 5.91. The van der Waals surface area contributed by atoms with E-state index in [1.807, 2.05) is 48.5 Å². The first kappa shape index (κ1) is 25.8. The third-order valence-electron chi connectivity index (χ3n) is 7.23. The van der Waals surface area contributed by atoms with E-state index in [1.165, 1.54) is 0 Å². The molecule has 3 N–H and O–H groups in total.